The average molecular weight is 314 g/mol. The zero-order valence-electron chi connectivity index (χ0n) is 12.8. The monoisotopic (exact) mass is 314 g/mol. The van der Waals surface area contributed by atoms with E-state index in [4.69, 9.17) is 9.47 Å². The number of rotatable bonds is 2. The van der Waals surface area contributed by atoms with Crippen LogP contribution in [0.3, 0.4) is 0 Å². The van der Waals surface area contributed by atoms with Crippen molar-refractivity contribution in [3.8, 4) is 23.0 Å². The maximum atomic E-state index is 12.8. The number of hydrogen-bond acceptors (Lipinski definition) is 6. The van der Waals surface area contributed by atoms with Gasteiger partial charge >= 0.3 is 0 Å². The first-order valence-corrected chi connectivity index (χ1v) is 6.81. The summed E-state index contributed by atoms with van der Waals surface area (Å²) in [6.07, 6.45) is 0. The summed E-state index contributed by atoms with van der Waals surface area (Å²) >= 11 is 0. The fraction of sp³-hybridized carbons (Fsp3) is 0.176. The number of phenols is 2. The third kappa shape index (κ3) is 1.95. The molecular formula is C17H14O6. The van der Waals surface area contributed by atoms with E-state index in [0.29, 0.717) is 11.3 Å². The normalized spacial score (nSPS) is 12.7. The smallest absolute Gasteiger partial charge is 0.202 e. The van der Waals surface area contributed by atoms with Crippen LogP contribution in [0.4, 0.5) is 0 Å². The molecule has 1 aliphatic carbocycles. The van der Waals surface area contributed by atoms with Crippen molar-refractivity contribution in [2.45, 2.75) is 6.92 Å². The molecule has 6 heteroatoms. The minimum Gasteiger partial charge on any atom is -0.507 e. The van der Waals surface area contributed by atoms with Gasteiger partial charge in [-0.15, -0.1) is 0 Å². The summed E-state index contributed by atoms with van der Waals surface area (Å²) < 4.78 is 10.3. The Morgan fingerprint density at radius 2 is 1.57 bits per heavy atom. The molecule has 0 saturated carbocycles. The van der Waals surface area contributed by atoms with Gasteiger partial charge in [0.2, 0.25) is 5.78 Å². The summed E-state index contributed by atoms with van der Waals surface area (Å²) in [6, 6.07) is 4.15. The summed E-state index contributed by atoms with van der Waals surface area (Å²) in [4.78, 5) is 25.6. The molecule has 2 N–H and O–H groups in total. The molecule has 6 nitrogen and oxygen atoms in total. The van der Waals surface area contributed by atoms with Gasteiger partial charge in [0.05, 0.1) is 30.9 Å². The van der Waals surface area contributed by atoms with E-state index in [2.05, 4.69) is 0 Å². The lowest BCUT2D eigenvalue weighted by Gasteiger charge is -2.22. The highest BCUT2D eigenvalue weighted by Crippen LogP contribution is 2.43. The first-order valence-electron chi connectivity index (χ1n) is 6.81. The van der Waals surface area contributed by atoms with Gasteiger partial charge in [0.25, 0.3) is 0 Å². The largest absolute Gasteiger partial charge is 0.507 e. The second-order valence-corrected chi connectivity index (χ2v) is 5.22. The number of hydrogen-bond donors (Lipinski definition) is 2. The molecule has 0 fully saturated rings. The third-order valence-electron chi connectivity index (χ3n) is 3.93. The van der Waals surface area contributed by atoms with Gasteiger partial charge in [-0.1, -0.05) is 0 Å². The Hall–Kier alpha value is -3.02. The van der Waals surface area contributed by atoms with Gasteiger partial charge in [0.15, 0.2) is 5.78 Å². The zero-order chi connectivity index (χ0) is 16.9. The second kappa shape index (κ2) is 5.01. The first-order chi connectivity index (χ1) is 10.9. The number of benzene rings is 2. The van der Waals surface area contributed by atoms with Crippen LogP contribution < -0.4 is 9.47 Å². The van der Waals surface area contributed by atoms with Crippen LogP contribution >= 0.6 is 0 Å². The van der Waals surface area contributed by atoms with Gasteiger partial charge in [-0.25, -0.2) is 0 Å². The Balaban J connectivity index is 2.40. The Morgan fingerprint density at radius 3 is 2.17 bits per heavy atom. The van der Waals surface area contributed by atoms with Crippen LogP contribution in [0.25, 0.3) is 0 Å². The van der Waals surface area contributed by atoms with Crippen molar-refractivity contribution in [2.75, 3.05) is 14.2 Å². The molecule has 2 aromatic rings. The standard InChI is InChI=1S/C17H14O6/c1-7-4-10(18)13-14(15(7)19)17(21)12-9(16(13)20)5-8(22-2)6-11(12)23-3/h4-6,18-19H,1-3H3. The number of carbonyl (C=O) groups is 2. The van der Waals surface area contributed by atoms with Gasteiger partial charge in [0, 0.05) is 11.6 Å². The van der Waals surface area contributed by atoms with Gasteiger partial charge in [-0.3, -0.25) is 9.59 Å². The van der Waals surface area contributed by atoms with E-state index in [-0.39, 0.29) is 39.5 Å². The van der Waals surface area contributed by atoms with Crippen molar-refractivity contribution < 1.29 is 29.3 Å². The van der Waals surface area contributed by atoms with Crippen LogP contribution in [0, 0.1) is 6.92 Å². The van der Waals surface area contributed by atoms with Gasteiger partial charge in [-0.05, 0) is 24.6 Å². The topological polar surface area (TPSA) is 93.1 Å². The van der Waals surface area contributed by atoms with E-state index in [1.165, 1.54) is 39.3 Å². The minimum atomic E-state index is -0.578. The fourth-order valence-electron chi connectivity index (χ4n) is 2.78. The average Bonchev–Trinajstić information content (AvgIpc) is 2.54. The lowest BCUT2D eigenvalue weighted by Crippen LogP contribution is -2.22. The summed E-state index contributed by atoms with van der Waals surface area (Å²) in [7, 11) is 2.80. The van der Waals surface area contributed by atoms with Crippen molar-refractivity contribution in [1.82, 2.24) is 0 Å². The molecule has 0 aliphatic heterocycles. The summed E-state index contributed by atoms with van der Waals surface area (Å²) in [6.45, 7) is 1.54. The molecule has 0 unspecified atom stereocenters. The van der Waals surface area contributed by atoms with E-state index < -0.39 is 11.6 Å². The number of ether oxygens (including phenoxy) is 2. The Kier molecular flexibility index (Phi) is 3.25. The number of phenolic OH excluding ortho intramolecular Hbond substituents is 2. The van der Waals surface area contributed by atoms with Crippen LogP contribution in [0.15, 0.2) is 18.2 Å². The lowest BCUT2D eigenvalue weighted by atomic mass is 9.81. The summed E-state index contributed by atoms with van der Waals surface area (Å²) in [5, 5.41) is 20.3. The van der Waals surface area contributed by atoms with E-state index in [1.54, 1.807) is 0 Å². The summed E-state index contributed by atoms with van der Waals surface area (Å²) in [5.74, 6) is -1.30. The highest BCUT2D eigenvalue weighted by Gasteiger charge is 2.37. The second-order valence-electron chi connectivity index (χ2n) is 5.22. The molecule has 0 radical (unpaired) electrons. The van der Waals surface area contributed by atoms with E-state index in [1.807, 2.05) is 0 Å². The predicted octanol–water partition coefficient (Wildman–Crippen LogP) is 2.20. The van der Waals surface area contributed by atoms with Crippen molar-refractivity contribution >= 4 is 11.6 Å². The van der Waals surface area contributed by atoms with E-state index in [9.17, 15) is 19.8 Å². The van der Waals surface area contributed by atoms with Crippen molar-refractivity contribution in [3.63, 3.8) is 0 Å². The molecule has 23 heavy (non-hydrogen) atoms. The molecule has 0 atom stereocenters. The van der Waals surface area contributed by atoms with Gasteiger partial charge < -0.3 is 19.7 Å². The SMILES string of the molecule is COc1cc(OC)c2c(c1)C(=O)c1c(O)cc(C)c(O)c1C2=O. The number of aromatic hydroxyl groups is 2. The molecule has 0 saturated heterocycles. The highest BCUT2D eigenvalue weighted by molar-refractivity contribution is 6.31. The molecule has 0 amide bonds. The number of aryl methyl sites for hydroxylation is 1. The third-order valence-corrected chi connectivity index (χ3v) is 3.93. The van der Waals surface area contributed by atoms with Crippen molar-refractivity contribution in [3.05, 3.63) is 46.0 Å². The van der Waals surface area contributed by atoms with Crippen LogP contribution in [0.2, 0.25) is 0 Å². The molecule has 2 aromatic carbocycles. The maximum Gasteiger partial charge on any atom is 0.202 e. The first kappa shape index (κ1) is 14.9. The molecule has 0 heterocycles. The lowest BCUT2D eigenvalue weighted by molar-refractivity contribution is 0.0971. The Morgan fingerprint density at radius 1 is 0.870 bits per heavy atom. The number of methoxy groups -OCH3 is 2. The quantitative estimate of drug-likeness (QED) is 0.704. The molecule has 1 aliphatic rings. The van der Waals surface area contributed by atoms with Crippen LogP contribution in [0.5, 0.6) is 23.0 Å². The van der Waals surface area contributed by atoms with Crippen molar-refractivity contribution in [1.29, 1.82) is 0 Å². The molecular weight excluding hydrogens is 300 g/mol. The predicted molar refractivity (Wildman–Crippen MR) is 80.9 cm³/mol. The Bertz CT molecular complexity index is 866. The van der Waals surface area contributed by atoms with E-state index >= 15 is 0 Å². The summed E-state index contributed by atoms with van der Waals surface area (Å²) in [5.41, 5.74) is 0.00561. The van der Waals surface area contributed by atoms with Crippen LogP contribution in [-0.4, -0.2) is 36.0 Å². The Labute approximate surface area is 131 Å². The van der Waals surface area contributed by atoms with Crippen LogP contribution in [-0.2, 0) is 0 Å². The van der Waals surface area contributed by atoms with E-state index in [0.717, 1.165) is 0 Å². The number of fused-ring (bicyclic) bond motifs is 2. The molecule has 3 rings (SSSR count). The van der Waals surface area contributed by atoms with Gasteiger partial charge in [0.1, 0.15) is 23.0 Å². The molecule has 118 valence electrons. The number of ketones is 2. The minimum absolute atomic E-state index is 0.0473. The molecule has 0 spiro atoms. The number of carbonyl (C=O) groups excluding carboxylic acids is 2. The van der Waals surface area contributed by atoms with Crippen LogP contribution in [0.1, 0.15) is 37.4 Å². The maximum absolute atomic E-state index is 12.8. The molecule has 0 bridgehead atoms. The van der Waals surface area contributed by atoms with Crippen molar-refractivity contribution in [2.24, 2.45) is 0 Å². The fourth-order valence-corrected chi connectivity index (χ4v) is 2.78. The molecule has 0 aromatic heterocycles. The highest BCUT2D eigenvalue weighted by atomic mass is 16.5. The zero-order valence-corrected chi connectivity index (χ0v) is 12.8. The van der Waals surface area contributed by atoms with Gasteiger partial charge in [-0.2, -0.15) is 0 Å².